The molecule has 5 nitrogen and oxygen atoms in total. The molecule has 2 aromatic rings. The molecule has 1 aliphatic heterocycles. The van der Waals surface area contributed by atoms with Crippen molar-refractivity contribution in [3.05, 3.63) is 59.7 Å². The number of rotatable bonds is 9. The van der Waals surface area contributed by atoms with E-state index < -0.39 is 0 Å². The minimum Gasteiger partial charge on any atom is -0.497 e. The molecule has 0 spiro atoms. The monoisotopic (exact) mass is 432 g/mol. The van der Waals surface area contributed by atoms with Crippen molar-refractivity contribution in [3.8, 4) is 11.5 Å². The number of hydrogen-bond acceptors (Lipinski definition) is 4. The molecule has 2 aromatic carbocycles. The molecule has 1 aliphatic rings. The highest BCUT2D eigenvalue weighted by molar-refractivity contribution is 5.85. The lowest BCUT2D eigenvalue weighted by molar-refractivity contribution is -0.123. The molecule has 0 saturated carbocycles. The zero-order chi connectivity index (χ0) is 20.6. The van der Waals surface area contributed by atoms with E-state index in [2.05, 4.69) is 36.2 Å². The number of methoxy groups -OCH3 is 1. The Kier molecular flexibility index (Phi) is 9.47. The molecular formula is C24H33ClN2O3. The molecule has 1 fully saturated rings. The second kappa shape index (κ2) is 11.8. The van der Waals surface area contributed by atoms with Gasteiger partial charge in [0.25, 0.3) is 5.91 Å². The Bertz CT molecular complexity index is 772. The molecular weight excluding hydrogens is 400 g/mol. The van der Waals surface area contributed by atoms with Crippen LogP contribution in [0.15, 0.2) is 48.5 Å². The molecule has 0 bridgehead atoms. The topological polar surface area (TPSA) is 50.8 Å². The van der Waals surface area contributed by atoms with Gasteiger partial charge in [0.05, 0.1) is 13.2 Å². The molecule has 0 aliphatic carbocycles. The van der Waals surface area contributed by atoms with Gasteiger partial charge in [-0.25, -0.2) is 0 Å². The summed E-state index contributed by atoms with van der Waals surface area (Å²) in [7, 11) is 1.67. The molecule has 1 atom stereocenters. The van der Waals surface area contributed by atoms with Gasteiger partial charge in [0.2, 0.25) is 0 Å². The average molecular weight is 433 g/mol. The fourth-order valence-corrected chi connectivity index (χ4v) is 3.70. The summed E-state index contributed by atoms with van der Waals surface area (Å²) >= 11 is 0. The van der Waals surface area contributed by atoms with Crippen LogP contribution in [-0.4, -0.2) is 44.2 Å². The fourth-order valence-electron chi connectivity index (χ4n) is 3.70. The minimum absolute atomic E-state index is 0. The van der Waals surface area contributed by atoms with Crippen molar-refractivity contribution in [1.29, 1.82) is 0 Å². The number of carbonyl (C=O) groups excluding carboxylic acids is 1. The Labute approximate surface area is 186 Å². The highest BCUT2D eigenvalue weighted by Crippen LogP contribution is 2.26. The number of halogens is 1. The van der Waals surface area contributed by atoms with Crippen LogP contribution in [0, 0.1) is 0 Å². The Hall–Kier alpha value is -2.24. The van der Waals surface area contributed by atoms with Gasteiger partial charge in [0.15, 0.2) is 6.61 Å². The summed E-state index contributed by atoms with van der Waals surface area (Å²) in [4.78, 5) is 14.8. The van der Waals surface area contributed by atoms with Crippen LogP contribution in [0.25, 0.3) is 0 Å². The summed E-state index contributed by atoms with van der Waals surface area (Å²) in [5, 5.41) is 3.05. The van der Waals surface area contributed by atoms with E-state index in [1.807, 2.05) is 36.4 Å². The summed E-state index contributed by atoms with van der Waals surface area (Å²) in [6.07, 6.45) is 2.41. The molecule has 1 N–H and O–H groups in total. The SMILES string of the molecule is COc1ccc(C(CNC(=O)COc2ccc(C(C)C)cc2)N2CCCC2)cc1.Cl. The van der Waals surface area contributed by atoms with Crippen molar-refractivity contribution in [3.63, 3.8) is 0 Å². The van der Waals surface area contributed by atoms with E-state index in [1.165, 1.54) is 24.0 Å². The highest BCUT2D eigenvalue weighted by atomic mass is 35.5. The minimum atomic E-state index is -0.101. The van der Waals surface area contributed by atoms with Crippen molar-refractivity contribution in [2.75, 3.05) is 33.4 Å². The van der Waals surface area contributed by atoms with Gasteiger partial charge in [-0.05, 0) is 67.2 Å². The lowest BCUT2D eigenvalue weighted by Crippen LogP contribution is -2.38. The summed E-state index contributed by atoms with van der Waals surface area (Å²) in [6, 6.07) is 16.2. The van der Waals surface area contributed by atoms with Crippen LogP contribution < -0.4 is 14.8 Å². The van der Waals surface area contributed by atoms with Crippen molar-refractivity contribution < 1.29 is 14.3 Å². The molecule has 6 heteroatoms. The normalized spacial score (nSPS) is 14.8. The van der Waals surface area contributed by atoms with Crippen LogP contribution in [0.5, 0.6) is 11.5 Å². The summed E-state index contributed by atoms with van der Waals surface area (Å²) in [5.41, 5.74) is 2.45. The van der Waals surface area contributed by atoms with Gasteiger partial charge < -0.3 is 14.8 Å². The lowest BCUT2D eigenvalue weighted by Gasteiger charge is -2.28. The maximum absolute atomic E-state index is 12.4. The third kappa shape index (κ3) is 6.64. The Morgan fingerprint density at radius 3 is 2.10 bits per heavy atom. The van der Waals surface area contributed by atoms with Crippen LogP contribution in [0.1, 0.15) is 49.8 Å². The van der Waals surface area contributed by atoms with Crippen molar-refractivity contribution in [1.82, 2.24) is 10.2 Å². The third-order valence-electron chi connectivity index (χ3n) is 5.49. The van der Waals surface area contributed by atoms with Gasteiger partial charge in [0, 0.05) is 6.54 Å². The van der Waals surface area contributed by atoms with Crippen molar-refractivity contribution in [2.24, 2.45) is 0 Å². The van der Waals surface area contributed by atoms with Gasteiger partial charge in [-0.15, -0.1) is 12.4 Å². The fraction of sp³-hybridized carbons (Fsp3) is 0.458. The number of nitrogens with one attached hydrogen (secondary N) is 1. The van der Waals surface area contributed by atoms with E-state index in [9.17, 15) is 4.79 Å². The first-order valence-electron chi connectivity index (χ1n) is 10.4. The average Bonchev–Trinajstić information content (AvgIpc) is 3.27. The summed E-state index contributed by atoms with van der Waals surface area (Å²) in [5.74, 6) is 1.94. The predicted octanol–water partition coefficient (Wildman–Crippen LogP) is 4.57. The highest BCUT2D eigenvalue weighted by Gasteiger charge is 2.24. The molecule has 1 amide bonds. The zero-order valence-electron chi connectivity index (χ0n) is 18.1. The molecule has 164 valence electrons. The van der Waals surface area contributed by atoms with E-state index in [0.717, 1.165) is 24.6 Å². The lowest BCUT2D eigenvalue weighted by atomic mass is 10.0. The Balaban J connectivity index is 0.00000320. The van der Waals surface area contributed by atoms with Crippen LogP contribution in [0.3, 0.4) is 0 Å². The molecule has 30 heavy (non-hydrogen) atoms. The van der Waals surface area contributed by atoms with E-state index >= 15 is 0 Å². The number of likely N-dealkylation sites (tertiary alicyclic amines) is 1. The van der Waals surface area contributed by atoms with E-state index in [1.54, 1.807) is 7.11 Å². The van der Waals surface area contributed by atoms with Gasteiger partial charge >= 0.3 is 0 Å². The van der Waals surface area contributed by atoms with E-state index in [0.29, 0.717) is 12.5 Å². The van der Waals surface area contributed by atoms with Gasteiger partial charge in [-0.2, -0.15) is 0 Å². The maximum Gasteiger partial charge on any atom is 0.258 e. The smallest absolute Gasteiger partial charge is 0.258 e. The standard InChI is InChI=1S/C24H32N2O3.ClH/c1-18(2)19-6-12-22(13-7-19)29-17-24(27)25-16-23(26-14-4-5-15-26)20-8-10-21(28-3)11-9-20;/h6-13,18,23H,4-5,14-17H2,1-3H3,(H,25,27);1H. The van der Waals surface area contributed by atoms with Crippen molar-refractivity contribution >= 4 is 18.3 Å². The first-order valence-corrected chi connectivity index (χ1v) is 10.4. The summed E-state index contributed by atoms with van der Waals surface area (Å²) in [6.45, 7) is 7.03. The largest absolute Gasteiger partial charge is 0.497 e. The van der Waals surface area contributed by atoms with Crippen LogP contribution in [-0.2, 0) is 4.79 Å². The van der Waals surface area contributed by atoms with Crippen molar-refractivity contribution in [2.45, 2.75) is 38.6 Å². The number of carbonyl (C=O) groups is 1. The van der Waals surface area contributed by atoms with Gasteiger partial charge in [0.1, 0.15) is 11.5 Å². The predicted molar refractivity (Wildman–Crippen MR) is 123 cm³/mol. The molecule has 1 heterocycles. The second-order valence-electron chi connectivity index (χ2n) is 7.85. The maximum atomic E-state index is 12.4. The molecule has 3 rings (SSSR count). The first-order chi connectivity index (χ1) is 14.1. The van der Waals surface area contributed by atoms with Crippen LogP contribution in [0.2, 0.25) is 0 Å². The number of ether oxygens (including phenoxy) is 2. The molecule has 0 radical (unpaired) electrons. The number of hydrogen-bond donors (Lipinski definition) is 1. The third-order valence-corrected chi connectivity index (χ3v) is 5.49. The molecule has 1 unspecified atom stereocenters. The number of benzene rings is 2. The van der Waals surface area contributed by atoms with E-state index in [-0.39, 0.29) is 31.0 Å². The second-order valence-corrected chi connectivity index (χ2v) is 7.85. The summed E-state index contributed by atoms with van der Waals surface area (Å²) < 4.78 is 10.9. The van der Waals surface area contributed by atoms with Crippen LogP contribution in [0.4, 0.5) is 0 Å². The Morgan fingerprint density at radius 1 is 0.967 bits per heavy atom. The van der Waals surface area contributed by atoms with Crippen LogP contribution >= 0.6 is 12.4 Å². The number of amides is 1. The molecule has 0 aromatic heterocycles. The van der Waals surface area contributed by atoms with Gasteiger partial charge in [-0.1, -0.05) is 38.1 Å². The zero-order valence-corrected chi connectivity index (χ0v) is 18.9. The number of nitrogens with zero attached hydrogens (tertiary/aromatic N) is 1. The molecule has 1 saturated heterocycles. The van der Waals surface area contributed by atoms with Gasteiger partial charge in [-0.3, -0.25) is 9.69 Å². The quantitative estimate of drug-likeness (QED) is 0.630. The van der Waals surface area contributed by atoms with E-state index in [4.69, 9.17) is 9.47 Å². The Morgan fingerprint density at radius 2 is 1.53 bits per heavy atom. The first kappa shape index (κ1) is 24.0.